The molecule has 1 atom stereocenters. The van der Waals surface area contributed by atoms with E-state index >= 15 is 0 Å². The Bertz CT molecular complexity index is 802. The number of ether oxygens (including phenoxy) is 1. The van der Waals surface area contributed by atoms with Crippen LogP contribution in [0.5, 0.6) is 5.75 Å². The summed E-state index contributed by atoms with van der Waals surface area (Å²) in [6, 6.07) is 13.7. The van der Waals surface area contributed by atoms with Crippen LogP contribution in [0.15, 0.2) is 42.5 Å². The number of hydrogen-bond acceptors (Lipinski definition) is 3. The number of carbonyl (C=O) groups excluding carboxylic acids is 1. The predicted octanol–water partition coefficient (Wildman–Crippen LogP) is 2.07. The molecule has 2 N–H and O–H groups in total. The highest BCUT2D eigenvalue weighted by molar-refractivity contribution is 6.30. The van der Waals surface area contributed by atoms with Gasteiger partial charge in [0.1, 0.15) is 5.75 Å². The lowest BCUT2D eigenvalue weighted by Gasteiger charge is -2.36. The van der Waals surface area contributed by atoms with Crippen LogP contribution in [-0.2, 0) is 11.3 Å². The average molecular weight is 403 g/mol. The number of anilines is 1. The van der Waals surface area contributed by atoms with Gasteiger partial charge in [0.05, 0.1) is 33.3 Å². The number of aryl methyl sites for hydroxylation is 1. The Labute approximate surface area is 172 Å². The molecule has 0 bridgehead atoms. The van der Waals surface area contributed by atoms with Crippen molar-refractivity contribution in [2.24, 2.45) is 0 Å². The van der Waals surface area contributed by atoms with Gasteiger partial charge in [-0.1, -0.05) is 29.8 Å². The highest BCUT2D eigenvalue weighted by Crippen LogP contribution is 2.24. The third-order valence-corrected chi connectivity index (χ3v) is 5.78. The fourth-order valence-electron chi connectivity index (χ4n) is 3.66. The number of benzene rings is 2. The fourth-order valence-corrected chi connectivity index (χ4v) is 3.83. The quantitative estimate of drug-likeness (QED) is 0.777. The summed E-state index contributed by atoms with van der Waals surface area (Å²) in [4.78, 5) is 16.3. The van der Waals surface area contributed by atoms with Gasteiger partial charge in [-0.15, -0.1) is 0 Å². The number of rotatable bonds is 6. The van der Waals surface area contributed by atoms with Crippen LogP contribution in [0.1, 0.15) is 18.1 Å². The molecule has 2 aromatic rings. The molecular weight excluding hydrogens is 374 g/mol. The number of carbonyl (C=O) groups is 1. The largest absolute Gasteiger partial charge is 0.497 e. The van der Waals surface area contributed by atoms with E-state index in [9.17, 15) is 4.79 Å². The van der Waals surface area contributed by atoms with Crippen molar-refractivity contribution in [1.82, 2.24) is 5.32 Å². The van der Waals surface area contributed by atoms with Gasteiger partial charge < -0.3 is 19.9 Å². The summed E-state index contributed by atoms with van der Waals surface area (Å²) in [7, 11) is 1.65. The molecule has 1 heterocycles. The van der Waals surface area contributed by atoms with Crippen molar-refractivity contribution >= 4 is 23.2 Å². The average Bonchev–Trinajstić information content (AvgIpc) is 2.73. The Hall–Kier alpha value is -2.24. The van der Waals surface area contributed by atoms with Crippen LogP contribution in [0.2, 0.25) is 5.02 Å². The van der Waals surface area contributed by atoms with Crippen molar-refractivity contribution in [2.75, 3.05) is 38.2 Å². The molecule has 0 aromatic heterocycles. The first kappa shape index (κ1) is 20.5. The van der Waals surface area contributed by atoms with E-state index in [1.807, 2.05) is 43.3 Å². The van der Waals surface area contributed by atoms with E-state index < -0.39 is 0 Å². The van der Waals surface area contributed by atoms with Crippen molar-refractivity contribution in [1.29, 1.82) is 0 Å². The zero-order valence-corrected chi connectivity index (χ0v) is 17.6. The van der Waals surface area contributed by atoms with E-state index in [1.165, 1.54) is 16.2 Å². The van der Waals surface area contributed by atoms with Crippen LogP contribution in [-0.4, -0.2) is 45.2 Å². The van der Waals surface area contributed by atoms with E-state index in [0.717, 1.165) is 42.5 Å². The summed E-state index contributed by atoms with van der Waals surface area (Å²) in [5, 5.41) is 3.83. The van der Waals surface area contributed by atoms with Crippen LogP contribution < -0.4 is 19.9 Å². The third kappa shape index (κ3) is 4.97. The second-order valence-corrected chi connectivity index (χ2v) is 7.80. The van der Waals surface area contributed by atoms with Crippen molar-refractivity contribution in [3.8, 4) is 5.75 Å². The molecule has 0 aliphatic carbocycles. The second-order valence-electron chi connectivity index (χ2n) is 7.36. The van der Waals surface area contributed by atoms with E-state index in [0.29, 0.717) is 6.54 Å². The van der Waals surface area contributed by atoms with Crippen molar-refractivity contribution in [3.63, 3.8) is 0 Å². The van der Waals surface area contributed by atoms with Crippen LogP contribution >= 0.6 is 11.6 Å². The van der Waals surface area contributed by atoms with Gasteiger partial charge in [0.15, 0.2) is 6.04 Å². The normalized spacial score (nSPS) is 15.9. The number of methoxy groups -OCH3 is 1. The maximum Gasteiger partial charge on any atom is 0.278 e. The Morgan fingerprint density at radius 3 is 2.54 bits per heavy atom. The van der Waals surface area contributed by atoms with Crippen LogP contribution in [0, 0.1) is 6.92 Å². The number of halogens is 1. The summed E-state index contributed by atoms with van der Waals surface area (Å²) >= 11 is 6.17. The Balaban J connectivity index is 1.50. The molecule has 0 saturated carbocycles. The lowest BCUT2D eigenvalue weighted by molar-refractivity contribution is -0.914. The molecule has 5 nitrogen and oxygen atoms in total. The number of quaternary nitrogens is 1. The Kier molecular flexibility index (Phi) is 6.81. The minimum Gasteiger partial charge on any atom is -0.497 e. The van der Waals surface area contributed by atoms with E-state index in [2.05, 4.69) is 23.2 Å². The van der Waals surface area contributed by atoms with Gasteiger partial charge in [0, 0.05) is 17.3 Å². The summed E-state index contributed by atoms with van der Waals surface area (Å²) in [5.74, 6) is 0.916. The molecule has 150 valence electrons. The van der Waals surface area contributed by atoms with E-state index in [-0.39, 0.29) is 11.9 Å². The molecule has 28 heavy (non-hydrogen) atoms. The Morgan fingerprint density at radius 1 is 1.21 bits per heavy atom. The zero-order chi connectivity index (χ0) is 20.1. The lowest BCUT2D eigenvalue weighted by Crippen LogP contribution is -3.19. The molecule has 1 saturated heterocycles. The number of amides is 1. The molecular formula is C22H29ClN3O2+. The first-order chi connectivity index (χ1) is 13.5. The van der Waals surface area contributed by atoms with Crippen molar-refractivity contribution in [2.45, 2.75) is 26.4 Å². The van der Waals surface area contributed by atoms with Crippen molar-refractivity contribution < 1.29 is 14.4 Å². The first-order valence-corrected chi connectivity index (χ1v) is 10.1. The summed E-state index contributed by atoms with van der Waals surface area (Å²) in [6.07, 6.45) is 0. The summed E-state index contributed by atoms with van der Waals surface area (Å²) in [5.41, 5.74) is 3.50. The van der Waals surface area contributed by atoms with Crippen LogP contribution in [0.4, 0.5) is 5.69 Å². The highest BCUT2D eigenvalue weighted by atomic mass is 35.5. The maximum absolute atomic E-state index is 12.6. The van der Waals surface area contributed by atoms with Gasteiger partial charge in [-0.2, -0.15) is 0 Å². The SMILES string of the molecule is COc1ccc(CNC(=O)[C@@H](C)[NH+]2CCN(c3cc(Cl)ccc3C)CC2)cc1. The standard InChI is InChI=1S/C22H28ClN3O2/c1-16-4-7-19(23)14-21(16)26-12-10-25(11-13-26)17(2)22(27)24-15-18-5-8-20(28-3)9-6-18/h4-9,14,17H,10-13,15H2,1-3H3,(H,24,27)/p+1/t17-/m1/s1. The predicted molar refractivity (Wildman–Crippen MR) is 113 cm³/mol. The summed E-state index contributed by atoms with van der Waals surface area (Å²) < 4.78 is 5.16. The van der Waals surface area contributed by atoms with Gasteiger partial charge in [-0.25, -0.2) is 0 Å². The third-order valence-electron chi connectivity index (χ3n) is 5.55. The first-order valence-electron chi connectivity index (χ1n) is 9.74. The molecule has 3 rings (SSSR count). The summed E-state index contributed by atoms with van der Waals surface area (Å²) in [6.45, 7) is 8.37. The topological polar surface area (TPSA) is 46.0 Å². The molecule has 0 unspecified atom stereocenters. The smallest absolute Gasteiger partial charge is 0.278 e. The maximum atomic E-state index is 12.6. The van der Waals surface area contributed by atoms with Crippen molar-refractivity contribution in [3.05, 3.63) is 58.6 Å². The molecule has 2 aromatic carbocycles. The van der Waals surface area contributed by atoms with Gasteiger partial charge in [-0.3, -0.25) is 4.79 Å². The monoisotopic (exact) mass is 402 g/mol. The molecule has 1 fully saturated rings. The minimum absolute atomic E-state index is 0.0687. The molecule has 6 heteroatoms. The van der Waals surface area contributed by atoms with E-state index in [4.69, 9.17) is 16.3 Å². The number of piperazine rings is 1. The van der Waals surface area contributed by atoms with Gasteiger partial charge in [0.25, 0.3) is 5.91 Å². The van der Waals surface area contributed by atoms with E-state index in [1.54, 1.807) is 7.11 Å². The van der Waals surface area contributed by atoms with Crippen LogP contribution in [0.3, 0.4) is 0 Å². The Morgan fingerprint density at radius 2 is 1.89 bits per heavy atom. The van der Waals surface area contributed by atoms with Gasteiger partial charge in [0.2, 0.25) is 0 Å². The zero-order valence-electron chi connectivity index (χ0n) is 16.8. The molecule has 0 radical (unpaired) electrons. The molecule has 0 spiro atoms. The molecule has 1 amide bonds. The fraction of sp³-hybridized carbons (Fsp3) is 0.409. The van der Waals surface area contributed by atoms with Gasteiger partial charge >= 0.3 is 0 Å². The molecule has 1 aliphatic heterocycles. The highest BCUT2D eigenvalue weighted by Gasteiger charge is 2.29. The van der Waals surface area contributed by atoms with Gasteiger partial charge in [-0.05, 0) is 49.2 Å². The second kappa shape index (κ2) is 9.30. The number of nitrogens with one attached hydrogen (secondary N) is 2. The number of hydrogen-bond donors (Lipinski definition) is 2. The molecule has 1 aliphatic rings. The number of nitrogens with zero attached hydrogens (tertiary/aromatic N) is 1. The van der Waals surface area contributed by atoms with Crippen LogP contribution in [0.25, 0.3) is 0 Å². The minimum atomic E-state index is -0.0687. The lowest BCUT2D eigenvalue weighted by atomic mass is 10.1.